The van der Waals surface area contributed by atoms with Crippen molar-refractivity contribution in [3.63, 3.8) is 0 Å². The van der Waals surface area contributed by atoms with Crippen LogP contribution in [-0.2, 0) is 0 Å². The molecule has 1 saturated heterocycles. The SMILES string of the molecule is CCCCCC(C)Nc1ccc(N2CCCC2)cc1C. The van der Waals surface area contributed by atoms with E-state index in [1.54, 1.807) is 0 Å². The molecule has 0 aromatic heterocycles. The Hall–Kier alpha value is -1.18. The lowest BCUT2D eigenvalue weighted by Crippen LogP contribution is -2.19. The molecule has 1 aromatic rings. The first-order chi connectivity index (χ1) is 9.70. The van der Waals surface area contributed by atoms with Crippen LogP contribution in [0.3, 0.4) is 0 Å². The highest BCUT2D eigenvalue weighted by molar-refractivity contribution is 5.60. The van der Waals surface area contributed by atoms with E-state index in [4.69, 9.17) is 0 Å². The Morgan fingerprint density at radius 2 is 1.95 bits per heavy atom. The van der Waals surface area contributed by atoms with E-state index in [1.165, 1.54) is 68.6 Å². The monoisotopic (exact) mass is 274 g/mol. The highest BCUT2D eigenvalue weighted by Crippen LogP contribution is 2.26. The van der Waals surface area contributed by atoms with Crippen molar-refractivity contribution in [2.24, 2.45) is 0 Å². The molecule has 1 fully saturated rings. The molecule has 1 atom stereocenters. The number of hydrogen-bond acceptors (Lipinski definition) is 2. The number of anilines is 2. The van der Waals surface area contributed by atoms with Crippen LogP contribution in [0.1, 0.15) is 57.9 Å². The molecule has 112 valence electrons. The minimum atomic E-state index is 0.567. The zero-order valence-corrected chi connectivity index (χ0v) is 13.4. The van der Waals surface area contributed by atoms with E-state index in [0.717, 1.165) is 0 Å². The molecule has 1 aromatic carbocycles. The van der Waals surface area contributed by atoms with E-state index in [-0.39, 0.29) is 0 Å². The minimum absolute atomic E-state index is 0.567. The van der Waals surface area contributed by atoms with Crippen LogP contribution >= 0.6 is 0 Å². The van der Waals surface area contributed by atoms with Gasteiger partial charge < -0.3 is 10.2 Å². The Labute approximate surface area is 124 Å². The van der Waals surface area contributed by atoms with Crippen molar-refractivity contribution in [2.75, 3.05) is 23.3 Å². The molecule has 20 heavy (non-hydrogen) atoms. The summed E-state index contributed by atoms with van der Waals surface area (Å²) in [7, 11) is 0. The highest BCUT2D eigenvalue weighted by atomic mass is 15.1. The summed E-state index contributed by atoms with van der Waals surface area (Å²) in [6, 6.07) is 7.45. The van der Waals surface area contributed by atoms with Gasteiger partial charge in [-0.25, -0.2) is 0 Å². The number of nitrogens with zero attached hydrogens (tertiary/aromatic N) is 1. The molecule has 1 heterocycles. The van der Waals surface area contributed by atoms with Crippen LogP contribution in [0.25, 0.3) is 0 Å². The summed E-state index contributed by atoms with van der Waals surface area (Å²) in [6.07, 6.45) is 7.92. The second kappa shape index (κ2) is 7.56. The summed E-state index contributed by atoms with van der Waals surface area (Å²) in [5.41, 5.74) is 4.07. The Morgan fingerprint density at radius 1 is 1.20 bits per heavy atom. The molecule has 2 rings (SSSR count). The summed E-state index contributed by atoms with van der Waals surface area (Å²) >= 11 is 0. The predicted octanol–water partition coefficient (Wildman–Crippen LogP) is 4.98. The van der Waals surface area contributed by atoms with Crippen molar-refractivity contribution in [2.45, 2.75) is 65.3 Å². The molecule has 1 N–H and O–H groups in total. The number of hydrogen-bond donors (Lipinski definition) is 1. The van der Waals surface area contributed by atoms with Gasteiger partial charge in [-0.3, -0.25) is 0 Å². The van der Waals surface area contributed by atoms with Gasteiger partial charge in [0.15, 0.2) is 0 Å². The van der Waals surface area contributed by atoms with Crippen LogP contribution in [-0.4, -0.2) is 19.1 Å². The van der Waals surface area contributed by atoms with Gasteiger partial charge in [-0.05, 0) is 56.9 Å². The zero-order valence-electron chi connectivity index (χ0n) is 13.4. The lowest BCUT2D eigenvalue weighted by Gasteiger charge is -2.21. The van der Waals surface area contributed by atoms with E-state index in [1.807, 2.05) is 0 Å². The van der Waals surface area contributed by atoms with E-state index < -0.39 is 0 Å². The summed E-state index contributed by atoms with van der Waals surface area (Å²) in [5.74, 6) is 0. The van der Waals surface area contributed by atoms with Gasteiger partial charge in [0.2, 0.25) is 0 Å². The van der Waals surface area contributed by atoms with Crippen molar-refractivity contribution in [3.05, 3.63) is 23.8 Å². The molecule has 2 nitrogen and oxygen atoms in total. The summed E-state index contributed by atoms with van der Waals surface area (Å²) in [4.78, 5) is 2.50. The van der Waals surface area contributed by atoms with E-state index in [0.29, 0.717) is 6.04 Å². The average molecular weight is 274 g/mol. The molecule has 0 bridgehead atoms. The molecule has 0 radical (unpaired) electrons. The smallest absolute Gasteiger partial charge is 0.0373 e. The van der Waals surface area contributed by atoms with Gasteiger partial charge in [0.1, 0.15) is 0 Å². The topological polar surface area (TPSA) is 15.3 Å². The third-order valence-corrected chi connectivity index (χ3v) is 4.32. The normalized spacial score (nSPS) is 16.4. The van der Waals surface area contributed by atoms with Crippen molar-refractivity contribution in [3.8, 4) is 0 Å². The molecule has 0 aliphatic carbocycles. The molecule has 1 unspecified atom stereocenters. The zero-order chi connectivity index (χ0) is 14.4. The maximum absolute atomic E-state index is 3.67. The highest BCUT2D eigenvalue weighted by Gasteiger charge is 2.13. The first-order valence-corrected chi connectivity index (χ1v) is 8.33. The van der Waals surface area contributed by atoms with Gasteiger partial charge >= 0.3 is 0 Å². The van der Waals surface area contributed by atoms with Crippen molar-refractivity contribution >= 4 is 11.4 Å². The Morgan fingerprint density at radius 3 is 2.60 bits per heavy atom. The second-order valence-corrected chi connectivity index (χ2v) is 6.23. The number of unbranched alkanes of at least 4 members (excludes halogenated alkanes) is 2. The Kier molecular flexibility index (Phi) is 5.75. The standard InChI is InChI=1S/C18H30N2/c1-4-5-6-9-16(3)19-18-11-10-17(14-15(18)2)20-12-7-8-13-20/h10-11,14,16,19H,4-9,12-13H2,1-3H3. The van der Waals surface area contributed by atoms with E-state index >= 15 is 0 Å². The summed E-state index contributed by atoms with van der Waals surface area (Å²) in [5, 5.41) is 3.67. The Balaban J connectivity index is 1.91. The molecule has 1 aliphatic rings. The summed E-state index contributed by atoms with van der Waals surface area (Å²) < 4.78 is 0. The van der Waals surface area contributed by atoms with Gasteiger partial charge in [-0.2, -0.15) is 0 Å². The molecule has 1 aliphatic heterocycles. The third-order valence-electron chi connectivity index (χ3n) is 4.32. The predicted molar refractivity (Wildman–Crippen MR) is 89.9 cm³/mol. The fourth-order valence-corrected chi connectivity index (χ4v) is 3.02. The number of nitrogens with one attached hydrogen (secondary N) is 1. The Bertz CT molecular complexity index is 408. The lowest BCUT2D eigenvalue weighted by molar-refractivity contribution is 0.615. The van der Waals surface area contributed by atoms with Crippen LogP contribution in [0.2, 0.25) is 0 Å². The quantitative estimate of drug-likeness (QED) is 0.706. The van der Waals surface area contributed by atoms with Gasteiger partial charge in [0.25, 0.3) is 0 Å². The van der Waals surface area contributed by atoms with Gasteiger partial charge in [-0.15, -0.1) is 0 Å². The van der Waals surface area contributed by atoms with Gasteiger partial charge in [-0.1, -0.05) is 26.2 Å². The van der Waals surface area contributed by atoms with Crippen LogP contribution in [0.15, 0.2) is 18.2 Å². The molecule has 0 amide bonds. The maximum atomic E-state index is 3.67. The molecule has 0 saturated carbocycles. The van der Waals surface area contributed by atoms with Gasteiger partial charge in [0.05, 0.1) is 0 Å². The first-order valence-electron chi connectivity index (χ1n) is 8.33. The molecule has 0 spiro atoms. The van der Waals surface area contributed by atoms with E-state index in [9.17, 15) is 0 Å². The average Bonchev–Trinajstić information content (AvgIpc) is 2.95. The fraction of sp³-hybridized carbons (Fsp3) is 0.667. The van der Waals surface area contributed by atoms with Crippen LogP contribution in [0, 0.1) is 6.92 Å². The summed E-state index contributed by atoms with van der Waals surface area (Å²) in [6.45, 7) is 9.22. The second-order valence-electron chi connectivity index (χ2n) is 6.23. The molecule has 2 heteroatoms. The van der Waals surface area contributed by atoms with Crippen molar-refractivity contribution in [1.29, 1.82) is 0 Å². The van der Waals surface area contributed by atoms with Crippen LogP contribution < -0.4 is 10.2 Å². The van der Waals surface area contributed by atoms with Crippen LogP contribution in [0.5, 0.6) is 0 Å². The maximum Gasteiger partial charge on any atom is 0.0373 e. The molecular formula is C18H30N2. The number of rotatable bonds is 7. The number of aryl methyl sites for hydroxylation is 1. The fourth-order valence-electron chi connectivity index (χ4n) is 3.02. The largest absolute Gasteiger partial charge is 0.382 e. The number of benzene rings is 1. The van der Waals surface area contributed by atoms with Crippen LogP contribution in [0.4, 0.5) is 11.4 Å². The van der Waals surface area contributed by atoms with Crippen molar-refractivity contribution in [1.82, 2.24) is 0 Å². The van der Waals surface area contributed by atoms with Crippen molar-refractivity contribution < 1.29 is 0 Å². The molecular weight excluding hydrogens is 244 g/mol. The van der Waals surface area contributed by atoms with Gasteiger partial charge in [0, 0.05) is 30.5 Å². The minimum Gasteiger partial charge on any atom is -0.382 e. The van der Waals surface area contributed by atoms with E-state index in [2.05, 4.69) is 49.2 Å². The lowest BCUT2D eigenvalue weighted by atomic mass is 10.1. The third kappa shape index (κ3) is 4.16. The first kappa shape index (κ1) is 15.2.